The minimum absolute atomic E-state index is 0.141. The lowest BCUT2D eigenvalue weighted by molar-refractivity contribution is -0.150. The number of fused-ring (bicyclic) bond motifs is 1. The molecule has 3 rings (SSSR count). The number of hydrogen-bond donors (Lipinski definition) is 3. The predicted molar refractivity (Wildman–Crippen MR) is 112 cm³/mol. The first-order valence-electron chi connectivity index (χ1n) is 9.21. The Bertz CT molecular complexity index is 964. The molecule has 14 heteroatoms. The molecule has 1 saturated heterocycles. The van der Waals surface area contributed by atoms with Crippen LogP contribution in [0.25, 0.3) is 0 Å². The topological polar surface area (TPSA) is 160 Å². The van der Waals surface area contributed by atoms with E-state index in [9.17, 15) is 24.3 Å². The number of oxime groups is 1. The Morgan fingerprint density at radius 3 is 2.84 bits per heavy atom. The van der Waals surface area contributed by atoms with Gasteiger partial charge in [0.05, 0.1) is 6.26 Å². The molecule has 0 unspecified atom stereocenters. The number of carboxylic acid groups (broad SMARTS) is 1. The normalized spacial score (nSPS) is 20.2. The monoisotopic (exact) mass is 486 g/mol. The van der Waals surface area contributed by atoms with Crippen molar-refractivity contribution in [2.24, 2.45) is 5.16 Å². The first-order valence-corrected chi connectivity index (χ1v) is 10.8. The number of ether oxygens (including phenoxy) is 1. The standard InChI is InChI=1S/C18H19ClN4O8S/c1-29-22-11(10-3-2-6-30-10)14(24)21-12-15(25)23-13(17(26)27)9(8-32-16(12)23)7-31-18(28)20-5-4-19/h2-3,6,12,16H,4-5,7-8H2,1H3,(H,20,28)(H,21,24)(H,26,27)/t12-,16-/m1/s1. The summed E-state index contributed by atoms with van der Waals surface area (Å²) in [6.07, 6.45) is 0.600. The van der Waals surface area contributed by atoms with Gasteiger partial charge in [-0.25, -0.2) is 9.59 Å². The zero-order valence-corrected chi connectivity index (χ0v) is 18.3. The lowest BCUT2D eigenvalue weighted by atomic mass is 10.0. The minimum Gasteiger partial charge on any atom is -0.477 e. The number of alkyl halides is 1. The lowest BCUT2D eigenvalue weighted by Gasteiger charge is -2.49. The van der Waals surface area contributed by atoms with Crippen molar-refractivity contribution in [1.82, 2.24) is 15.5 Å². The smallest absolute Gasteiger partial charge is 0.407 e. The summed E-state index contributed by atoms with van der Waals surface area (Å²) < 4.78 is 10.2. The highest BCUT2D eigenvalue weighted by molar-refractivity contribution is 8.00. The average Bonchev–Trinajstić information content (AvgIpc) is 3.31. The van der Waals surface area contributed by atoms with Crippen LogP contribution in [0, 0.1) is 0 Å². The highest BCUT2D eigenvalue weighted by Gasteiger charge is 2.54. The van der Waals surface area contributed by atoms with Crippen molar-refractivity contribution in [2.45, 2.75) is 11.4 Å². The van der Waals surface area contributed by atoms with Crippen molar-refractivity contribution in [3.05, 3.63) is 35.4 Å². The maximum Gasteiger partial charge on any atom is 0.407 e. The molecule has 2 atom stereocenters. The molecule has 2 aliphatic rings. The molecule has 0 spiro atoms. The highest BCUT2D eigenvalue weighted by Crippen LogP contribution is 2.40. The van der Waals surface area contributed by atoms with Gasteiger partial charge in [0.1, 0.15) is 30.8 Å². The van der Waals surface area contributed by atoms with E-state index in [1.54, 1.807) is 6.07 Å². The van der Waals surface area contributed by atoms with Gasteiger partial charge >= 0.3 is 12.1 Å². The number of nitrogens with one attached hydrogen (secondary N) is 2. The number of carboxylic acids is 1. The third-order valence-corrected chi connectivity index (χ3v) is 5.96. The fourth-order valence-corrected chi connectivity index (χ4v) is 4.48. The van der Waals surface area contributed by atoms with Gasteiger partial charge in [-0.15, -0.1) is 23.4 Å². The van der Waals surface area contributed by atoms with Gasteiger partial charge in [0.2, 0.25) is 5.71 Å². The molecule has 3 N–H and O–H groups in total. The number of amides is 3. The van der Waals surface area contributed by atoms with Crippen LogP contribution in [0.4, 0.5) is 4.79 Å². The molecular formula is C18H19ClN4O8S. The molecule has 172 valence electrons. The number of hydrogen-bond acceptors (Lipinski definition) is 9. The Labute approximate surface area is 190 Å². The number of β-lactam (4-membered cyclic amide) rings is 1. The van der Waals surface area contributed by atoms with Gasteiger partial charge in [0, 0.05) is 23.8 Å². The van der Waals surface area contributed by atoms with Crippen LogP contribution in [-0.4, -0.2) is 82.9 Å². The molecule has 12 nitrogen and oxygen atoms in total. The molecule has 32 heavy (non-hydrogen) atoms. The van der Waals surface area contributed by atoms with Crippen LogP contribution >= 0.6 is 23.4 Å². The maximum absolute atomic E-state index is 12.7. The number of nitrogens with zero attached hydrogens (tertiary/aromatic N) is 2. The molecule has 0 aromatic carbocycles. The number of rotatable bonds is 9. The van der Waals surface area contributed by atoms with Crippen LogP contribution in [0.15, 0.2) is 39.2 Å². The van der Waals surface area contributed by atoms with Gasteiger partial charge in [0.15, 0.2) is 5.76 Å². The molecule has 1 fully saturated rings. The molecule has 0 aliphatic carbocycles. The SMILES string of the molecule is CON=C(C(=O)N[C@@H]1C(=O)N2C(C(=O)O)=C(COC(=O)NCCCl)CS[C@H]12)c1ccco1. The Balaban J connectivity index is 1.70. The first kappa shape index (κ1) is 23.5. The number of halogens is 1. The molecule has 0 bridgehead atoms. The van der Waals surface area contributed by atoms with E-state index in [4.69, 9.17) is 20.8 Å². The van der Waals surface area contributed by atoms with E-state index in [1.165, 1.54) is 31.2 Å². The van der Waals surface area contributed by atoms with Crippen LogP contribution in [-0.2, 0) is 24.0 Å². The molecular weight excluding hydrogens is 468 g/mol. The van der Waals surface area contributed by atoms with Gasteiger partial charge in [-0.1, -0.05) is 5.16 Å². The predicted octanol–water partition coefficient (Wildman–Crippen LogP) is 0.334. The Hall–Kier alpha value is -3.19. The number of alkyl carbamates (subject to hydrolysis) is 1. The Morgan fingerprint density at radius 1 is 1.44 bits per heavy atom. The summed E-state index contributed by atoms with van der Waals surface area (Å²) in [4.78, 5) is 54.5. The van der Waals surface area contributed by atoms with Gasteiger partial charge in [0.25, 0.3) is 11.8 Å². The van der Waals surface area contributed by atoms with Gasteiger partial charge in [-0.3, -0.25) is 14.5 Å². The third kappa shape index (κ3) is 4.83. The summed E-state index contributed by atoms with van der Waals surface area (Å²) >= 11 is 6.71. The van der Waals surface area contributed by atoms with Gasteiger partial charge in [-0.2, -0.15) is 0 Å². The van der Waals surface area contributed by atoms with Crippen molar-refractivity contribution in [3.63, 3.8) is 0 Å². The maximum atomic E-state index is 12.7. The summed E-state index contributed by atoms with van der Waals surface area (Å²) in [5.74, 6) is -2.16. The zero-order chi connectivity index (χ0) is 23.3. The van der Waals surface area contributed by atoms with Crippen LogP contribution in [0.5, 0.6) is 0 Å². The van der Waals surface area contributed by atoms with Gasteiger partial charge in [-0.05, 0) is 12.1 Å². The van der Waals surface area contributed by atoms with Crippen molar-refractivity contribution in [3.8, 4) is 0 Å². The van der Waals surface area contributed by atoms with E-state index in [2.05, 4.69) is 20.6 Å². The second kappa shape index (κ2) is 10.4. The summed E-state index contributed by atoms with van der Waals surface area (Å²) in [5.41, 5.74) is -0.183. The summed E-state index contributed by atoms with van der Waals surface area (Å²) in [5, 5.41) is 17.6. The van der Waals surface area contributed by atoms with Crippen LogP contribution in [0.3, 0.4) is 0 Å². The van der Waals surface area contributed by atoms with E-state index in [-0.39, 0.29) is 47.5 Å². The summed E-state index contributed by atoms with van der Waals surface area (Å²) in [7, 11) is 1.26. The lowest BCUT2D eigenvalue weighted by Crippen LogP contribution is -2.71. The quantitative estimate of drug-likeness (QED) is 0.193. The fourth-order valence-electron chi connectivity index (χ4n) is 3.06. The van der Waals surface area contributed by atoms with E-state index in [0.29, 0.717) is 0 Å². The van der Waals surface area contributed by atoms with E-state index in [0.717, 1.165) is 4.90 Å². The molecule has 2 aliphatic heterocycles. The number of furan rings is 1. The Kier molecular flexibility index (Phi) is 7.64. The average molecular weight is 487 g/mol. The molecule has 3 amide bonds. The molecule has 1 aromatic heterocycles. The molecule has 3 heterocycles. The third-order valence-electron chi connectivity index (χ3n) is 4.43. The first-order chi connectivity index (χ1) is 15.4. The molecule has 1 aromatic rings. The van der Waals surface area contributed by atoms with E-state index < -0.39 is 35.3 Å². The number of carbonyl (C=O) groups excluding carboxylic acids is 3. The van der Waals surface area contributed by atoms with E-state index >= 15 is 0 Å². The second-order valence-electron chi connectivity index (χ2n) is 6.41. The van der Waals surface area contributed by atoms with Crippen molar-refractivity contribution < 1.29 is 38.3 Å². The van der Waals surface area contributed by atoms with Gasteiger partial charge < -0.3 is 29.7 Å². The van der Waals surface area contributed by atoms with Crippen LogP contribution < -0.4 is 10.6 Å². The summed E-state index contributed by atoms with van der Waals surface area (Å²) in [6, 6.07) is 2.08. The van der Waals surface area contributed by atoms with Crippen molar-refractivity contribution in [2.75, 3.05) is 31.9 Å². The molecule has 0 saturated carbocycles. The fraction of sp³-hybridized carbons (Fsp3) is 0.389. The minimum atomic E-state index is -1.34. The number of aliphatic carboxylic acids is 1. The summed E-state index contributed by atoms with van der Waals surface area (Å²) in [6.45, 7) is -0.111. The van der Waals surface area contributed by atoms with E-state index in [1.807, 2.05) is 0 Å². The zero-order valence-electron chi connectivity index (χ0n) is 16.7. The molecule has 0 radical (unpaired) electrons. The highest BCUT2D eigenvalue weighted by atomic mass is 35.5. The second-order valence-corrected chi connectivity index (χ2v) is 7.89. The van der Waals surface area contributed by atoms with Crippen LogP contribution in [0.1, 0.15) is 5.76 Å². The van der Waals surface area contributed by atoms with Crippen LogP contribution in [0.2, 0.25) is 0 Å². The number of carbonyl (C=O) groups is 4. The Morgan fingerprint density at radius 2 is 2.22 bits per heavy atom. The van der Waals surface area contributed by atoms with Crippen molar-refractivity contribution in [1.29, 1.82) is 0 Å². The number of thioether (sulfide) groups is 1. The van der Waals surface area contributed by atoms with Crippen molar-refractivity contribution >= 4 is 53.0 Å². The largest absolute Gasteiger partial charge is 0.477 e.